The first-order valence-corrected chi connectivity index (χ1v) is 8.47. The SMILES string of the molecule is COc1cc(C)c(S(=O)(=O)NC(CC(C)C)C(=O)O)cc1C. The second kappa shape index (κ2) is 7.11. The van der Waals surface area contributed by atoms with E-state index in [2.05, 4.69) is 4.72 Å². The molecule has 1 atom stereocenters. The van der Waals surface area contributed by atoms with Crippen molar-refractivity contribution in [3.63, 3.8) is 0 Å². The predicted octanol–water partition coefficient (Wildman–Crippen LogP) is 2.09. The van der Waals surface area contributed by atoms with Crippen LogP contribution in [0.2, 0.25) is 0 Å². The molecule has 0 saturated carbocycles. The molecule has 0 fully saturated rings. The van der Waals surface area contributed by atoms with Gasteiger partial charge in [-0.3, -0.25) is 4.79 Å². The van der Waals surface area contributed by atoms with E-state index in [9.17, 15) is 18.3 Å². The predicted molar refractivity (Wildman–Crippen MR) is 83.7 cm³/mol. The summed E-state index contributed by atoms with van der Waals surface area (Å²) in [5.74, 6) is -0.531. The number of sulfonamides is 1. The molecule has 0 aliphatic carbocycles. The number of nitrogens with one attached hydrogen (secondary N) is 1. The molecule has 0 aromatic heterocycles. The number of methoxy groups -OCH3 is 1. The molecule has 1 aromatic carbocycles. The Kier molecular flexibility index (Phi) is 5.96. The number of hydrogen-bond acceptors (Lipinski definition) is 4. The molecule has 0 heterocycles. The van der Waals surface area contributed by atoms with Gasteiger partial charge >= 0.3 is 5.97 Å². The first-order chi connectivity index (χ1) is 10.1. The molecule has 1 unspecified atom stereocenters. The molecular formula is C15H23NO5S. The summed E-state index contributed by atoms with van der Waals surface area (Å²) in [5, 5.41) is 9.19. The van der Waals surface area contributed by atoms with Gasteiger partial charge in [-0.25, -0.2) is 8.42 Å². The molecule has 0 aliphatic rings. The van der Waals surface area contributed by atoms with Crippen molar-refractivity contribution in [2.45, 2.75) is 45.1 Å². The van der Waals surface area contributed by atoms with Gasteiger partial charge in [0.25, 0.3) is 0 Å². The molecule has 1 aromatic rings. The second-order valence-corrected chi connectivity index (χ2v) is 7.41. The summed E-state index contributed by atoms with van der Waals surface area (Å²) in [6.45, 7) is 7.06. The van der Waals surface area contributed by atoms with Gasteiger partial charge in [-0.15, -0.1) is 0 Å². The molecule has 2 N–H and O–H groups in total. The molecule has 0 radical (unpaired) electrons. The Morgan fingerprint density at radius 1 is 1.27 bits per heavy atom. The molecule has 0 aliphatic heterocycles. The second-order valence-electron chi connectivity index (χ2n) is 5.73. The fourth-order valence-electron chi connectivity index (χ4n) is 2.19. The van der Waals surface area contributed by atoms with E-state index in [-0.39, 0.29) is 17.2 Å². The lowest BCUT2D eigenvalue weighted by atomic mass is 10.1. The van der Waals surface area contributed by atoms with Crippen LogP contribution in [0, 0.1) is 19.8 Å². The quantitative estimate of drug-likeness (QED) is 0.799. The number of carboxylic acids is 1. The maximum Gasteiger partial charge on any atom is 0.321 e. The normalized spacial score (nSPS) is 13.2. The average molecular weight is 329 g/mol. The number of carbonyl (C=O) groups is 1. The number of aryl methyl sites for hydroxylation is 2. The monoisotopic (exact) mass is 329 g/mol. The Morgan fingerprint density at radius 2 is 1.86 bits per heavy atom. The number of benzene rings is 1. The molecule has 6 nitrogen and oxygen atoms in total. The van der Waals surface area contributed by atoms with Crippen LogP contribution in [0.3, 0.4) is 0 Å². The molecule has 7 heteroatoms. The summed E-state index contributed by atoms with van der Waals surface area (Å²) in [7, 11) is -2.40. The number of hydrogen-bond donors (Lipinski definition) is 2. The highest BCUT2D eigenvalue weighted by molar-refractivity contribution is 7.89. The van der Waals surface area contributed by atoms with E-state index < -0.39 is 22.0 Å². The maximum atomic E-state index is 12.5. The van der Waals surface area contributed by atoms with E-state index >= 15 is 0 Å². The standard InChI is InChI=1S/C15H23NO5S/c1-9(2)6-12(15(17)18)16-22(19,20)14-8-10(3)13(21-5)7-11(14)4/h7-9,12,16H,6H2,1-5H3,(H,17,18). The van der Waals surface area contributed by atoms with E-state index in [0.29, 0.717) is 16.9 Å². The van der Waals surface area contributed by atoms with E-state index in [1.807, 2.05) is 13.8 Å². The van der Waals surface area contributed by atoms with Crippen molar-refractivity contribution in [1.29, 1.82) is 0 Å². The first-order valence-electron chi connectivity index (χ1n) is 6.98. The summed E-state index contributed by atoms with van der Waals surface area (Å²) in [6.07, 6.45) is 0.225. The van der Waals surface area contributed by atoms with Crippen molar-refractivity contribution in [2.24, 2.45) is 5.92 Å². The van der Waals surface area contributed by atoms with Crippen LogP contribution < -0.4 is 9.46 Å². The van der Waals surface area contributed by atoms with Crippen LogP contribution in [0.25, 0.3) is 0 Å². The third kappa shape index (κ3) is 4.45. The van der Waals surface area contributed by atoms with Gasteiger partial charge in [0.15, 0.2) is 0 Å². The smallest absolute Gasteiger partial charge is 0.321 e. The van der Waals surface area contributed by atoms with Crippen LogP contribution in [0.1, 0.15) is 31.4 Å². The number of carboxylic acid groups (broad SMARTS) is 1. The third-order valence-electron chi connectivity index (χ3n) is 3.28. The maximum absolute atomic E-state index is 12.5. The van der Waals surface area contributed by atoms with E-state index in [1.165, 1.54) is 13.2 Å². The largest absolute Gasteiger partial charge is 0.496 e. The summed E-state index contributed by atoms with van der Waals surface area (Å²) >= 11 is 0. The molecule has 1 rings (SSSR count). The Morgan fingerprint density at radius 3 is 2.32 bits per heavy atom. The van der Waals surface area contributed by atoms with Crippen molar-refractivity contribution >= 4 is 16.0 Å². The topological polar surface area (TPSA) is 92.7 Å². The van der Waals surface area contributed by atoms with Crippen LogP contribution in [0.15, 0.2) is 17.0 Å². The van der Waals surface area contributed by atoms with E-state index in [4.69, 9.17) is 4.74 Å². The van der Waals surface area contributed by atoms with Gasteiger partial charge < -0.3 is 9.84 Å². The average Bonchev–Trinajstić information content (AvgIpc) is 2.39. The lowest BCUT2D eigenvalue weighted by molar-refractivity contribution is -0.139. The number of aliphatic carboxylic acids is 1. The number of ether oxygens (including phenoxy) is 1. The van der Waals surface area contributed by atoms with Crippen molar-refractivity contribution in [1.82, 2.24) is 4.72 Å². The van der Waals surface area contributed by atoms with Crippen LogP contribution in [-0.4, -0.2) is 32.6 Å². The summed E-state index contributed by atoms with van der Waals surface area (Å²) < 4.78 is 32.4. The van der Waals surface area contributed by atoms with Gasteiger partial charge in [0.1, 0.15) is 11.8 Å². The highest BCUT2D eigenvalue weighted by Gasteiger charge is 2.27. The van der Waals surface area contributed by atoms with Gasteiger partial charge in [-0.1, -0.05) is 13.8 Å². The van der Waals surface area contributed by atoms with Crippen LogP contribution in [0.4, 0.5) is 0 Å². The number of rotatable bonds is 7. The van der Waals surface area contributed by atoms with Gasteiger partial charge in [-0.2, -0.15) is 4.72 Å². The Bertz CT molecular complexity index is 652. The van der Waals surface area contributed by atoms with E-state index in [0.717, 1.165) is 0 Å². The highest BCUT2D eigenvalue weighted by atomic mass is 32.2. The minimum absolute atomic E-state index is 0.0579. The molecule has 0 bridgehead atoms. The zero-order valence-electron chi connectivity index (χ0n) is 13.5. The molecule has 0 spiro atoms. The summed E-state index contributed by atoms with van der Waals surface area (Å²) in [4.78, 5) is 11.3. The Hall–Kier alpha value is -1.60. The molecule has 0 saturated heterocycles. The summed E-state index contributed by atoms with van der Waals surface area (Å²) in [6, 6.07) is 1.97. The van der Waals surface area contributed by atoms with Crippen LogP contribution in [0.5, 0.6) is 5.75 Å². The minimum Gasteiger partial charge on any atom is -0.496 e. The molecular weight excluding hydrogens is 306 g/mol. The minimum atomic E-state index is -3.91. The first kappa shape index (κ1) is 18.4. The molecule has 22 heavy (non-hydrogen) atoms. The van der Waals surface area contributed by atoms with E-state index in [1.54, 1.807) is 19.9 Å². The van der Waals surface area contributed by atoms with Gasteiger partial charge in [0.2, 0.25) is 10.0 Å². The third-order valence-corrected chi connectivity index (χ3v) is 4.90. The Labute approximate surface area is 131 Å². The van der Waals surface area contributed by atoms with Crippen LogP contribution >= 0.6 is 0 Å². The van der Waals surface area contributed by atoms with Crippen molar-refractivity contribution < 1.29 is 23.1 Å². The van der Waals surface area contributed by atoms with Crippen LogP contribution in [-0.2, 0) is 14.8 Å². The fraction of sp³-hybridized carbons (Fsp3) is 0.533. The zero-order chi connectivity index (χ0) is 17.1. The van der Waals surface area contributed by atoms with Crippen molar-refractivity contribution in [3.05, 3.63) is 23.3 Å². The van der Waals surface area contributed by atoms with Crippen molar-refractivity contribution in [2.75, 3.05) is 7.11 Å². The highest BCUT2D eigenvalue weighted by Crippen LogP contribution is 2.26. The van der Waals surface area contributed by atoms with Gasteiger partial charge in [-0.05, 0) is 49.4 Å². The summed E-state index contributed by atoms with van der Waals surface area (Å²) in [5.41, 5.74) is 1.17. The Balaban J connectivity index is 3.18. The van der Waals surface area contributed by atoms with Gasteiger partial charge in [0.05, 0.1) is 12.0 Å². The van der Waals surface area contributed by atoms with Gasteiger partial charge in [0, 0.05) is 0 Å². The lowest BCUT2D eigenvalue weighted by Gasteiger charge is -2.18. The molecule has 124 valence electrons. The lowest BCUT2D eigenvalue weighted by Crippen LogP contribution is -2.41. The van der Waals surface area contributed by atoms with Crippen molar-refractivity contribution in [3.8, 4) is 5.75 Å². The molecule has 0 amide bonds. The fourth-order valence-corrected chi connectivity index (χ4v) is 3.71. The zero-order valence-corrected chi connectivity index (χ0v) is 14.3.